The molecule has 0 fully saturated rings. The zero-order valence-corrected chi connectivity index (χ0v) is 10.0. The summed E-state index contributed by atoms with van der Waals surface area (Å²) in [6, 6.07) is 7.15. The van der Waals surface area contributed by atoms with Crippen molar-refractivity contribution < 1.29 is 14.3 Å². The molecule has 88 valence electrons. The van der Waals surface area contributed by atoms with Crippen molar-refractivity contribution in [1.29, 1.82) is 0 Å². The van der Waals surface area contributed by atoms with Gasteiger partial charge in [-0.25, -0.2) is 4.79 Å². The van der Waals surface area contributed by atoms with Crippen LogP contribution >= 0.6 is 0 Å². The van der Waals surface area contributed by atoms with Gasteiger partial charge in [-0.1, -0.05) is 26.0 Å². The third-order valence-electron chi connectivity index (χ3n) is 1.95. The Balaban J connectivity index is 2.78. The lowest BCUT2D eigenvalue weighted by atomic mass is 10.2. The molecular formula is C13H18O3. The molecule has 0 spiro atoms. The molecule has 0 amide bonds. The van der Waals surface area contributed by atoms with Crippen molar-refractivity contribution in [1.82, 2.24) is 0 Å². The van der Waals surface area contributed by atoms with E-state index in [0.717, 1.165) is 0 Å². The summed E-state index contributed by atoms with van der Waals surface area (Å²) in [6.07, 6.45) is 0. The van der Waals surface area contributed by atoms with Crippen molar-refractivity contribution in [3.8, 4) is 5.75 Å². The minimum Gasteiger partial charge on any atom is -0.492 e. The normalized spacial score (nSPS) is 10.2. The monoisotopic (exact) mass is 222 g/mol. The lowest BCUT2D eigenvalue weighted by molar-refractivity contribution is 0.0521. The van der Waals surface area contributed by atoms with Gasteiger partial charge in [-0.3, -0.25) is 0 Å². The Morgan fingerprint density at radius 1 is 1.31 bits per heavy atom. The summed E-state index contributed by atoms with van der Waals surface area (Å²) < 4.78 is 10.5. The zero-order chi connectivity index (χ0) is 12.0. The highest BCUT2D eigenvalue weighted by Gasteiger charge is 2.12. The van der Waals surface area contributed by atoms with Crippen LogP contribution in [0.4, 0.5) is 0 Å². The van der Waals surface area contributed by atoms with Gasteiger partial charge in [0.25, 0.3) is 0 Å². The van der Waals surface area contributed by atoms with Gasteiger partial charge in [0.2, 0.25) is 0 Å². The molecule has 16 heavy (non-hydrogen) atoms. The average molecular weight is 222 g/mol. The minimum absolute atomic E-state index is 0.332. The van der Waals surface area contributed by atoms with Gasteiger partial charge in [-0.2, -0.15) is 0 Å². The second-order valence-electron chi connectivity index (χ2n) is 3.92. The molecule has 0 radical (unpaired) electrons. The molecule has 0 unspecified atom stereocenters. The molecule has 0 saturated heterocycles. The zero-order valence-electron chi connectivity index (χ0n) is 10.0. The van der Waals surface area contributed by atoms with E-state index < -0.39 is 0 Å². The first kappa shape index (κ1) is 12.6. The van der Waals surface area contributed by atoms with Gasteiger partial charge >= 0.3 is 5.97 Å². The van der Waals surface area contributed by atoms with Gasteiger partial charge in [-0.15, -0.1) is 0 Å². The summed E-state index contributed by atoms with van der Waals surface area (Å²) in [5, 5.41) is 0. The van der Waals surface area contributed by atoms with E-state index in [0.29, 0.717) is 30.4 Å². The Labute approximate surface area is 96.4 Å². The van der Waals surface area contributed by atoms with Crippen LogP contribution in [0.1, 0.15) is 31.1 Å². The molecule has 1 aromatic carbocycles. The van der Waals surface area contributed by atoms with E-state index >= 15 is 0 Å². The number of hydrogen-bond acceptors (Lipinski definition) is 3. The molecule has 0 heterocycles. The molecule has 0 N–H and O–H groups in total. The maximum absolute atomic E-state index is 11.6. The molecule has 1 aromatic rings. The highest BCUT2D eigenvalue weighted by Crippen LogP contribution is 2.19. The fourth-order valence-electron chi connectivity index (χ4n) is 1.23. The molecule has 0 saturated carbocycles. The molecule has 1 rings (SSSR count). The highest BCUT2D eigenvalue weighted by molar-refractivity contribution is 5.92. The number of hydrogen-bond donors (Lipinski definition) is 0. The van der Waals surface area contributed by atoms with Crippen LogP contribution in [0.25, 0.3) is 0 Å². The molecule has 0 aliphatic carbocycles. The van der Waals surface area contributed by atoms with E-state index in [1.165, 1.54) is 0 Å². The van der Waals surface area contributed by atoms with Crippen molar-refractivity contribution in [2.75, 3.05) is 13.2 Å². The molecule has 0 aliphatic heterocycles. The number of rotatable bonds is 5. The lowest BCUT2D eigenvalue weighted by Crippen LogP contribution is -2.10. The largest absolute Gasteiger partial charge is 0.492 e. The van der Waals surface area contributed by atoms with Crippen LogP contribution in [0.15, 0.2) is 24.3 Å². The number of carbonyl (C=O) groups is 1. The first-order valence-electron chi connectivity index (χ1n) is 5.54. The smallest absolute Gasteiger partial charge is 0.341 e. The van der Waals surface area contributed by atoms with Crippen molar-refractivity contribution in [3.63, 3.8) is 0 Å². The van der Waals surface area contributed by atoms with Crippen molar-refractivity contribution >= 4 is 5.97 Å². The van der Waals surface area contributed by atoms with Crippen LogP contribution in [0.5, 0.6) is 5.75 Å². The minimum atomic E-state index is -0.332. The molecular weight excluding hydrogens is 204 g/mol. The number of benzene rings is 1. The predicted octanol–water partition coefficient (Wildman–Crippen LogP) is 2.90. The van der Waals surface area contributed by atoms with Gasteiger partial charge in [0.1, 0.15) is 11.3 Å². The Morgan fingerprint density at radius 3 is 2.62 bits per heavy atom. The quantitative estimate of drug-likeness (QED) is 0.718. The van der Waals surface area contributed by atoms with Crippen LogP contribution in [0.3, 0.4) is 0 Å². The molecule has 0 bridgehead atoms. The first-order chi connectivity index (χ1) is 7.65. The molecule has 0 atom stereocenters. The van der Waals surface area contributed by atoms with Crippen molar-refractivity contribution in [2.24, 2.45) is 5.92 Å². The van der Waals surface area contributed by atoms with E-state index in [9.17, 15) is 4.79 Å². The third kappa shape index (κ3) is 3.57. The summed E-state index contributed by atoms with van der Waals surface area (Å²) >= 11 is 0. The summed E-state index contributed by atoms with van der Waals surface area (Å²) in [4.78, 5) is 11.6. The van der Waals surface area contributed by atoms with Gasteiger partial charge in [0.15, 0.2) is 0 Å². The van der Waals surface area contributed by atoms with E-state index in [4.69, 9.17) is 9.47 Å². The van der Waals surface area contributed by atoms with Gasteiger partial charge < -0.3 is 9.47 Å². The SMILES string of the molecule is CCOC(=O)c1ccccc1OCC(C)C. The number of para-hydroxylation sites is 1. The number of ether oxygens (including phenoxy) is 2. The Kier molecular flexibility index (Phi) is 4.83. The summed E-state index contributed by atoms with van der Waals surface area (Å²) in [5.41, 5.74) is 0.491. The van der Waals surface area contributed by atoms with Crippen LogP contribution in [-0.4, -0.2) is 19.2 Å². The maximum atomic E-state index is 11.6. The number of esters is 1. The van der Waals surface area contributed by atoms with E-state index in [-0.39, 0.29) is 5.97 Å². The Hall–Kier alpha value is -1.51. The van der Waals surface area contributed by atoms with Gasteiger partial charge in [0, 0.05) is 0 Å². The summed E-state index contributed by atoms with van der Waals surface area (Å²) in [7, 11) is 0. The standard InChI is InChI=1S/C13H18O3/c1-4-15-13(14)11-7-5-6-8-12(11)16-9-10(2)3/h5-8,10H,4,9H2,1-3H3. The second-order valence-corrected chi connectivity index (χ2v) is 3.92. The van der Waals surface area contributed by atoms with Crippen LogP contribution in [-0.2, 0) is 4.74 Å². The first-order valence-corrected chi connectivity index (χ1v) is 5.54. The second kappa shape index (κ2) is 6.16. The third-order valence-corrected chi connectivity index (χ3v) is 1.95. The molecule has 0 aromatic heterocycles. The van der Waals surface area contributed by atoms with Crippen molar-refractivity contribution in [3.05, 3.63) is 29.8 Å². The maximum Gasteiger partial charge on any atom is 0.341 e. The average Bonchev–Trinajstić information content (AvgIpc) is 2.27. The van der Waals surface area contributed by atoms with Gasteiger partial charge in [0.05, 0.1) is 13.2 Å². The fraction of sp³-hybridized carbons (Fsp3) is 0.462. The van der Waals surface area contributed by atoms with E-state index in [1.54, 1.807) is 25.1 Å². The van der Waals surface area contributed by atoms with Gasteiger partial charge in [-0.05, 0) is 25.0 Å². The van der Waals surface area contributed by atoms with Crippen LogP contribution in [0.2, 0.25) is 0 Å². The molecule has 3 nitrogen and oxygen atoms in total. The van der Waals surface area contributed by atoms with Crippen LogP contribution in [0, 0.1) is 5.92 Å². The van der Waals surface area contributed by atoms with E-state index in [1.807, 2.05) is 6.07 Å². The lowest BCUT2D eigenvalue weighted by Gasteiger charge is -2.12. The highest BCUT2D eigenvalue weighted by atomic mass is 16.5. The number of carbonyl (C=O) groups excluding carboxylic acids is 1. The van der Waals surface area contributed by atoms with Crippen molar-refractivity contribution in [2.45, 2.75) is 20.8 Å². The molecule has 3 heteroatoms. The van der Waals surface area contributed by atoms with Crippen LogP contribution < -0.4 is 4.74 Å². The fourth-order valence-corrected chi connectivity index (χ4v) is 1.23. The Bertz CT molecular complexity index is 345. The van der Waals surface area contributed by atoms with E-state index in [2.05, 4.69) is 13.8 Å². The Morgan fingerprint density at radius 2 is 2.00 bits per heavy atom. The predicted molar refractivity (Wildman–Crippen MR) is 62.7 cm³/mol. The topological polar surface area (TPSA) is 35.5 Å². The summed E-state index contributed by atoms with van der Waals surface area (Å²) in [6.45, 7) is 6.88. The molecule has 0 aliphatic rings. The summed E-state index contributed by atoms with van der Waals surface area (Å²) in [5.74, 6) is 0.687.